The average molecular weight is 443 g/mol. The van der Waals surface area contributed by atoms with Crippen molar-refractivity contribution in [2.75, 3.05) is 5.32 Å². The number of nitrogens with one attached hydrogen (secondary N) is 2. The van der Waals surface area contributed by atoms with Crippen LogP contribution >= 0.6 is 0 Å². The number of allylic oxidation sites excluding steroid dienone is 2. The van der Waals surface area contributed by atoms with Crippen LogP contribution < -0.4 is 10.6 Å². The molecule has 0 aliphatic heterocycles. The minimum absolute atomic E-state index is 0.0492. The van der Waals surface area contributed by atoms with Gasteiger partial charge in [-0.3, -0.25) is 19.1 Å². The Hall–Kier alpha value is -2.64. The zero-order chi connectivity index (χ0) is 23.0. The molecule has 2 bridgehead atoms. The summed E-state index contributed by atoms with van der Waals surface area (Å²) >= 11 is 0. The maximum absolute atomic E-state index is 13.4. The molecule has 1 aromatic heterocycles. The number of nitrogens with zero attached hydrogens (tertiary/aromatic N) is 2. The summed E-state index contributed by atoms with van der Waals surface area (Å²) in [6.07, 6.45) is 8.62. The summed E-state index contributed by atoms with van der Waals surface area (Å²) in [7, 11) is 0. The molecule has 0 radical (unpaired) electrons. The fourth-order valence-electron chi connectivity index (χ4n) is 6.16. The Morgan fingerprint density at radius 3 is 2.31 bits per heavy atom. The molecule has 32 heavy (non-hydrogen) atoms. The molecule has 174 valence electrons. The third-order valence-corrected chi connectivity index (χ3v) is 7.51. The first kappa shape index (κ1) is 22.6. The summed E-state index contributed by atoms with van der Waals surface area (Å²) < 4.78 is 1.63. The van der Waals surface area contributed by atoms with Crippen LogP contribution in [-0.4, -0.2) is 38.7 Å². The van der Waals surface area contributed by atoms with Crippen LogP contribution in [0.5, 0.6) is 0 Å². The molecule has 4 atom stereocenters. The first-order valence-electron chi connectivity index (χ1n) is 11.9. The minimum atomic E-state index is -0.921. The van der Waals surface area contributed by atoms with Crippen molar-refractivity contribution in [2.45, 2.75) is 78.3 Å². The average Bonchev–Trinajstić information content (AvgIpc) is 3.45. The third-order valence-electron chi connectivity index (χ3n) is 7.51. The van der Waals surface area contributed by atoms with Gasteiger partial charge in [-0.1, -0.05) is 30.4 Å². The number of rotatable bonds is 6. The van der Waals surface area contributed by atoms with Crippen molar-refractivity contribution in [1.82, 2.24) is 15.1 Å². The van der Waals surface area contributed by atoms with Gasteiger partial charge in [-0.2, -0.15) is 5.10 Å². The molecule has 3 N–H and O–H groups in total. The topological polar surface area (TPSA) is 113 Å². The molecule has 0 saturated heterocycles. The van der Waals surface area contributed by atoms with Crippen LogP contribution in [0.2, 0.25) is 0 Å². The van der Waals surface area contributed by atoms with E-state index >= 15 is 0 Å². The van der Waals surface area contributed by atoms with Crippen LogP contribution in [0.3, 0.4) is 0 Å². The second-order valence-corrected chi connectivity index (χ2v) is 9.68. The minimum Gasteiger partial charge on any atom is -0.481 e. The number of aromatic nitrogens is 2. The number of carbonyl (C=O) groups excluding carboxylic acids is 2. The molecule has 8 nitrogen and oxygen atoms in total. The van der Waals surface area contributed by atoms with E-state index < -0.39 is 17.8 Å². The van der Waals surface area contributed by atoms with Crippen LogP contribution in [-0.2, 0) is 16.1 Å². The monoisotopic (exact) mass is 442 g/mol. The van der Waals surface area contributed by atoms with E-state index in [-0.39, 0.29) is 35.4 Å². The normalized spacial score (nSPS) is 27.4. The van der Waals surface area contributed by atoms with E-state index in [0.717, 1.165) is 49.7 Å². The molecule has 0 aromatic carbocycles. The number of aliphatic carboxylic acids is 1. The van der Waals surface area contributed by atoms with Gasteiger partial charge in [0.15, 0.2) is 5.69 Å². The molecule has 1 heterocycles. The fourth-order valence-corrected chi connectivity index (χ4v) is 6.16. The smallest absolute Gasteiger partial charge is 0.307 e. The molecule has 0 spiro atoms. The second-order valence-electron chi connectivity index (χ2n) is 9.68. The Morgan fingerprint density at radius 1 is 1.06 bits per heavy atom. The van der Waals surface area contributed by atoms with E-state index in [1.54, 1.807) is 10.9 Å². The van der Waals surface area contributed by atoms with E-state index in [1.165, 1.54) is 6.42 Å². The number of carboxylic acids is 1. The van der Waals surface area contributed by atoms with E-state index in [0.29, 0.717) is 12.2 Å². The maximum Gasteiger partial charge on any atom is 0.307 e. The number of carbonyl (C=O) groups is 3. The largest absolute Gasteiger partial charge is 0.481 e. The van der Waals surface area contributed by atoms with Crippen LogP contribution in [0.4, 0.5) is 5.69 Å². The SMILES string of the molecule is CCn1cc(NC(=O)[C@@H]2[C@@H](C(=O)O)[C@@H]3CC[C@H]2C3=C(C)C)c(C(=O)NC2CCCCC2)n1. The lowest BCUT2D eigenvalue weighted by Gasteiger charge is -2.26. The summed E-state index contributed by atoms with van der Waals surface area (Å²) in [5, 5.41) is 20.2. The van der Waals surface area contributed by atoms with Crippen LogP contribution in [0.15, 0.2) is 17.3 Å². The lowest BCUT2D eigenvalue weighted by Crippen LogP contribution is -2.39. The summed E-state index contributed by atoms with van der Waals surface area (Å²) in [6.45, 7) is 6.48. The van der Waals surface area contributed by atoms with Crippen LogP contribution in [0, 0.1) is 23.7 Å². The number of hydrogen-bond donors (Lipinski definition) is 3. The molecule has 4 rings (SSSR count). The van der Waals surface area contributed by atoms with Gasteiger partial charge in [-0.05, 0) is 58.3 Å². The van der Waals surface area contributed by atoms with E-state index in [1.807, 2.05) is 20.8 Å². The number of fused-ring (bicyclic) bond motifs is 2. The van der Waals surface area contributed by atoms with Crippen LogP contribution in [0.25, 0.3) is 0 Å². The van der Waals surface area contributed by atoms with Crippen molar-refractivity contribution in [3.05, 3.63) is 23.0 Å². The Balaban J connectivity index is 1.56. The van der Waals surface area contributed by atoms with Crippen molar-refractivity contribution in [2.24, 2.45) is 23.7 Å². The molecule has 0 unspecified atom stereocenters. The molecular formula is C24H34N4O4. The third kappa shape index (κ3) is 4.07. The Labute approximate surface area is 188 Å². The van der Waals surface area contributed by atoms with E-state index in [9.17, 15) is 19.5 Å². The fraction of sp³-hybridized carbons (Fsp3) is 0.667. The summed E-state index contributed by atoms with van der Waals surface area (Å²) in [4.78, 5) is 38.4. The zero-order valence-corrected chi connectivity index (χ0v) is 19.2. The summed E-state index contributed by atoms with van der Waals surface area (Å²) in [5.41, 5.74) is 2.81. The molecule has 3 aliphatic carbocycles. The van der Waals surface area contributed by atoms with Crippen molar-refractivity contribution in [3.8, 4) is 0 Å². The number of carboxylic acid groups (broad SMARTS) is 1. The van der Waals surface area contributed by atoms with Gasteiger partial charge in [0.25, 0.3) is 5.91 Å². The highest BCUT2D eigenvalue weighted by molar-refractivity contribution is 6.04. The molecule has 2 amide bonds. The van der Waals surface area contributed by atoms with Gasteiger partial charge in [0, 0.05) is 18.8 Å². The first-order chi connectivity index (χ1) is 15.3. The predicted molar refractivity (Wildman–Crippen MR) is 120 cm³/mol. The number of hydrogen-bond acceptors (Lipinski definition) is 4. The molecule has 8 heteroatoms. The lowest BCUT2D eigenvalue weighted by atomic mass is 9.78. The quantitative estimate of drug-likeness (QED) is 0.583. The van der Waals surface area contributed by atoms with Crippen molar-refractivity contribution < 1.29 is 19.5 Å². The highest BCUT2D eigenvalue weighted by Crippen LogP contribution is 2.57. The maximum atomic E-state index is 13.4. The van der Waals surface area contributed by atoms with Gasteiger partial charge in [-0.15, -0.1) is 0 Å². The Bertz CT molecular complexity index is 940. The number of amides is 2. The van der Waals surface area contributed by atoms with Gasteiger partial charge < -0.3 is 15.7 Å². The van der Waals surface area contributed by atoms with Gasteiger partial charge >= 0.3 is 5.97 Å². The molecule has 3 saturated carbocycles. The van der Waals surface area contributed by atoms with Crippen molar-refractivity contribution >= 4 is 23.5 Å². The highest BCUT2D eigenvalue weighted by atomic mass is 16.4. The predicted octanol–water partition coefficient (Wildman–Crippen LogP) is 3.60. The lowest BCUT2D eigenvalue weighted by molar-refractivity contribution is -0.148. The Morgan fingerprint density at radius 2 is 1.72 bits per heavy atom. The first-order valence-corrected chi connectivity index (χ1v) is 11.9. The number of anilines is 1. The summed E-state index contributed by atoms with van der Waals surface area (Å²) in [5.74, 6) is -3.01. The van der Waals surface area contributed by atoms with Crippen LogP contribution in [0.1, 0.15) is 76.2 Å². The highest BCUT2D eigenvalue weighted by Gasteiger charge is 2.57. The van der Waals surface area contributed by atoms with Gasteiger partial charge in [-0.25, -0.2) is 0 Å². The molecular weight excluding hydrogens is 408 g/mol. The van der Waals surface area contributed by atoms with Crippen molar-refractivity contribution in [1.29, 1.82) is 0 Å². The molecule has 1 aromatic rings. The van der Waals surface area contributed by atoms with Gasteiger partial charge in [0.2, 0.25) is 5.91 Å². The molecule has 3 fully saturated rings. The van der Waals surface area contributed by atoms with Gasteiger partial charge in [0.05, 0.1) is 17.5 Å². The molecule has 3 aliphatic rings. The standard InChI is InChI=1S/C24H34N4O4/c1-4-28-12-17(21(27-28)23(30)25-14-8-6-5-7-9-14)26-22(29)19-15-10-11-16(18(15)13(2)3)20(19)24(31)32/h12,14-16,19-20H,4-11H2,1-3H3,(H,25,30)(H,26,29)(H,31,32)/t15-,16+,19-,20-/m0/s1. The van der Waals surface area contributed by atoms with Crippen molar-refractivity contribution in [3.63, 3.8) is 0 Å². The van der Waals surface area contributed by atoms with E-state index in [4.69, 9.17) is 0 Å². The number of aryl methyl sites for hydroxylation is 1. The van der Waals surface area contributed by atoms with E-state index in [2.05, 4.69) is 15.7 Å². The summed E-state index contributed by atoms with van der Waals surface area (Å²) in [6, 6.07) is 0.133. The Kier molecular flexibility index (Phi) is 6.40. The van der Waals surface area contributed by atoms with Gasteiger partial charge in [0.1, 0.15) is 0 Å². The second kappa shape index (κ2) is 9.08. The zero-order valence-electron chi connectivity index (χ0n) is 19.2.